The van der Waals surface area contributed by atoms with E-state index in [0.717, 1.165) is 0 Å². The first-order valence-electron chi connectivity index (χ1n) is 7.43. The number of carbonyl (C=O) groups excluding carboxylic acids is 1. The van der Waals surface area contributed by atoms with Crippen molar-refractivity contribution in [3.63, 3.8) is 0 Å². The number of carbonyl (C=O) groups is 2. The fraction of sp³-hybridized carbons (Fsp3) is 0.467. The molecular formula is C15H22N2O7S. The molecule has 1 amide bonds. The van der Waals surface area contributed by atoms with E-state index in [-0.39, 0.29) is 36.6 Å². The highest BCUT2D eigenvalue weighted by atomic mass is 32.2. The van der Waals surface area contributed by atoms with Crippen LogP contribution >= 0.6 is 0 Å². The van der Waals surface area contributed by atoms with Gasteiger partial charge in [0.15, 0.2) is 0 Å². The number of carboxylic acids is 1. The van der Waals surface area contributed by atoms with Crippen LogP contribution in [0.25, 0.3) is 0 Å². The van der Waals surface area contributed by atoms with Crippen LogP contribution in [0.15, 0.2) is 29.2 Å². The Kier molecular flexibility index (Phi) is 8.49. The van der Waals surface area contributed by atoms with E-state index >= 15 is 0 Å². The Balaban J connectivity index is 2.77. The summed E-state index contributed by atoms with van der Waals surface area (Å²) >= 11 is 0. The molecule has 3 N–H and O–H groups in total. The summed E-state index contributed by atoms with van der Waals surface area (Å²) in [4.78, 5) is 23.2. The standard InChI is InChI=1S/C15H22N2O7S/c1-23-9-7-13(15(19)20)17-14(18)11-3-5-12(6-4-11)25(21,22)16-8-10-24-2/h3-6,13,16H,7-10H2,1-2H3,(H,17,18)(H,19,20). The van der Waals surface area contributed by atoms with Crippen LogP contribution < -0.4 is 10.0 Å². The second-order valence-corrected chi connectivity index (χ2v) is 6.83. The SMILES string of the molecule is COCCNS(=O)(=O)c1ccc(C(=O)NC(CCOC)C(=O)O)cc1. The summed E-state index contributed by atoms with van der Waals surface area (Å²) in [6.45, 7) is 0.542. The summed E-state index contributed by atoms with van der Waals surface area (Å²) in [6.07, 6.45) is 0.119. The molecule has 10 heteroatoms. The third kappa shape index (κ3) is 6.78. The summed E-state index contributed by atoms with van der Waals surface area (Å²) in [5.74, 6) is -1.79. The molecule has 0 fully saturated rings. The Hall–Kier alpha value is -2.01. The highest BCUT2D eigenvalue weighted by molar-refractivity contribution is 7.89. The number of aliphatic carboxylic acids is 1. The van der Waals surface area contributed by atoms with Gasteiger partial charge in [-0.05, 0) is 24.3 Å². The van der Waals surface area contributed by atoms with Crippen LogP contribution in [0.5, 0.6) is 0 Å². The van der Waals surface area contributed by atoms with Gasteiger partial charge in [-0.15, -0.1) is 0 Å². The lowest BCUT2D eigenvalue weighted by Gasteiger charge is -2.14. The first-order chi connectivity index (χ1) is 11.8. The van der Waals surface area contributed by atoms with Gasteiger partial charge in [-0.1, -0.05) is 0 Å². The van der Waals surface area contributed by atoms with Gasteiger partial charge in [0.1, 0.15) is 6.04 Å². The van der Waals surface area contributed by atoms with Gasteiger partial charge in [0, 0.05) is 39.4 Å². The highest BCUT2D eigenvalue weighted by Crippen LogP contribution is 2.11. The van der Waals surface area contributed by atoms with Gasteiger partial charge in [-0.3, -0.25) is 4.79 Å². The van der Waals surface area contributed by atoms with Crippen molar-refractivity contribution >= 4 is 21.9 Å². The van der Waals surface area contributed by atoms with Crippen molar-refractivity contribution in [2.24, 2.45) is 0 Å². The number of sulfonamides is 1. The Bertz CT molecular complexity index is 674. The molecule has 25 heavy (non-hydrogen) atoms. The van der Waals surface area contributed by atoms with E-state index in [1.54, 1.807) is 0 Å². The number of hydrogen-bond donors (Lipinski definition) is 3. The van der Waals surface area contributed by atoms with Crippen molar-refractivity contribution in [3.8, 4) is 0 Å². The normalized spacial score (nSPS) is 12.6. The molecule has 0 spiro atoms. The number of rotatable bonds is 11. The molecule has 0 aromatic heterocycles. The van der Waals surface area contributed by atoms with E-state index in [4.69, 9.17) is 14.6 Å². The molecule has 1 atom stereocenters. The average molecular weight is 374 g/mol. The lowest BCUT2D eigenvalue weighted by molar-refractivity contribution is -0.139. The van der Waals surface area contributed by atoms with Gasteiger partial charge in [0.2, 0.25) is 10.0 Å². The number of amides is 1. The van der Waals surface area contributed by atoms with Crippen LogP contribution in [0.4, 0.5) is 0 Å². The summed E-state index contributed by atoms with van der Waals surface area (Å²) in [6, 6.07) is 4.08. The predicted octanol–water partition coefficient (Wildman–Crippen LogP) is -0.169. The molecule has 0 saturated heterocycles. The van der Waals surface area contributed by atoms with Crippen molar-refractivity contribution < 1.29 is 32.6 Å². The number of methoxy groups -OCH3 is 2. The van der Waals surface area contributed by atoms with Crippen LogP contribution in [0, 0.1) is 0 Å². The molecule has 9 nitrogen and oxygen atoms in total. The van der Waals surface area contributed by atoms with E-state index < -0.39 is 27.9 Å². The summed E-state index contributed by atoms with van der Waals surface area (Å²) < 4.78 is 36.0. The largest absolute Gasteiger partial charge is 0.480 e. The van der Waals surface area contributed by atoms with Crippen LogP contribution in [0.1, 0.15) is 16.8 Å². The summed E-state index contributed by atoms with van der Waals surface area (Å²) in [5.41, 5.74) is 0.152. The Morgan fingerprint density at radius 2 is 1.72 bits per heavy atom. The second-order valence-electron chi connectivity index (χ2n) is 5.06. The van der Waals surface area contributed by atoms with Crippen molar-refractivity contribution in [2.75, 3.05) is 34.0 Å². The minimum atomic E-state index is -3.70. The quantitative estimate of drug-likeness (QED) is 0.458. The minimum Gasteiger partial charge on any atom is -0.480 e. The van der Waals surface area contributed by atoms with Gasteiger partial charge in [-0.2, -0.15) is 0 Å². The fourth-order valence-corrected chi connectivity index (χ4v) is 2.89. The molecule has 0 aliphatic rings. The number of carboxylic acid groups (broad SMARTS) is 1. The van der Waals surface area contributed by atoms with Crippen LogP contribution in [0.2, 0.25) is 0 Å². The predicted molar refractivity (Wildman–Crippen MR) is 88.9 cm³/mol. The molecule has 0 radical (unpaired) electrons. The molecule has 0 aliphatic carbocycles. The third-order valence-corrected chi connectivity index (χ3v) is 4.72. The molecular weight excluding hydrogens is 352 g/mol. The maximum absolute atomic E-state index is 12.1. The molecule has 0 bridgehead atoms. The van der Waals surface area contributed by atoms with Gasteiger partial charge >= 0.3 is 5.97 Å². The molecule has 0 heterocycles. The van der Waals surface area contributed by atoms with Gasteiger partial charge < -0.3 is 19.9 Å². The van der Waals surface area contributed by atoms with Crippen molar-refractivity contribution in [1.82, 2.24) is 10.0 Å². The number of nitrogens with one attached hydrogen (secondary N) is 2. The molecule has 1 aromatic rings. The van der Waals surface area contributed by atoms with Crippen LogP contribution in [-0.2, 0) is 24.3 Å². The van der Waals surface area contributed by atoms with Gasteiger partial charge in [0.25, 0.3) is 5.91 Å². The second kappa shape index (κ2) is 10.1. The first-order valence-corrected chi connectivity index (χ1v) is 8.91. The maximum atomic E-state index is 12.1. The van der Waals surface area contributed by atoms with E-state index in [1.165, 1.54) is 38.5 Å². The van der Waals surface area contributed by atoms with Gasteiger partial charge in [0.05, 0.1) is 11.5 Å². The Labute approximate surface area is 146 Å². The summed E-state index contributed by atoms with van der Waals surface area (Å²) in [7, 11) is -0.808. The van der Waals surface area contributed by atoms with Gasteiger partial charge in [-0.25, -0.2) is 17.9 Å². The minimum absolute atomic E-state index is 0.00526. The zero-order valence-corrected chi connectivity index (χ0v) is 14.8. The van der Waals surface area contributed by atoms with E-state index in [2.05, 4.69) is 10.0 Å². The zero-order valence-electron chi connectivity index (χ0n) is 14.0. The molecule has 1 rings (SSSR count). The molecule has 0 aliphatic heterocycles. The Morgan fingerprint density at radius 1 is 1.12 bits per heavy atom. The van der Waals surface area contributed by atoms with Crippen molar-refractivity contribution in [1.29, 1.82) is 0 Å². The molecule has 1 unspecified atom stereocenters. The number of ether oxygens (including phenoxy) is 2. The maximum Gasteiger partial charge on any atom is 0.326 e. The number of hydrogen-bond acceptors (Lipinski definition) is 6. The monoisotopic (exact) mass is 374 g/mol. The average Bonchev–Trinajstić information content (AvgIpc) is 2.58. The fourth-order valence-electron chi connectivity index (χ4n) is 1.88. The zero-order chi connectivity index (χ0) is 18.9. The van der Waals surface area contributed by atoms with E-state index in [1.807, 2.05) is 0 Å². The Morgan fingerprint density at radius 3 is 2.24 bits per heavy atom. The summed E-state index contributed by atoms with van der Waals surface area (Å²) in [5, 5.41) is 11.4. The van der Waals surface area contributed by atoms with Crippen molar-refractivity contribution in [3.05, 3.63) is 29.8 Å². The molecule has 1 aromatic carbocycles. The lowest BCUT2D eigenvalue weighted by Crippen LogP contribution is -2.41. The molecule has 140 valence electrons. The van der Waals surface area contributed by atoms with E-state index in [0.29, 0.717) is 0 Å². The highest BCUT2D eigenvalue weighted by Gasteiger charge is 2.21. The lowest BCUT2D eigenvalue weighted by atomic mass is 10.1. The van der Waals surface area contributed by atoms with E-state index in [9.17, 15) is 18.0 Å². The van der Waals surface area contributed by atoms with Crippen LogP contribution in [-0.4, -0.2) is 65.4 Å². The molecule has 0 saturated carbocycles. The number of benzene rings is 1. The first kappa shape index (κ1) is 21.0. The topological polar surface area (TPSA) is 131 Å². The van der Waals surface area contributed by atoms with Crippen molar-refractivity contribution in [2.45, 2.75) is 17.4 Å². The van der Waals surface area contributed by atoms with Crippen LogP contribution in [0.3, 0.4) is 0 Å². The third-order valence-electron chi connectivity index (χ3n) is 3.24. The smallest absolute Gasteiger partial charge is 0.326 e.